The Labute approximate surface area is 161 Å². The molecule has 4 rings (SSSR count). The highest BCUT2D eigenvalue weighted by Gasteiger charge is 2.24. The maximum Gasteiger partial charge on any atom is 0.270 e. The number of aromatic nitrogens is 1. The van der Waals surface area contributed by atoms with Crippen LogP contribution >= 0.6 is 22.7 Å². The van der Waals surface area contributed by atoms with Crippen LogP contribution in [0.2, 0.25) is 0 Å². The summed E-state index contributed by atoms with van der Waals surface area (Å²) in [6.45, 7) is 2.79. The van der Waals surface area contributed by atoms with Crippen molar-refractivity contribution in [1.29, 1.82) is 0 Å². The summed E-state index contributed by atoms with van der Waals surface area (Å²) in [5.74, 6) is -0.0933. The quantitative estimate of drug-likeness (QED) is 0.684. The molecule has 1 amide bonds. The first-order chi connectivity index (χ1) is 12.8. The van der Waals surface area contributed by atoms with Gasteiger partial charge in [0.15, 0.2) is 0 Å². The van der Waals surface area contributed by atoms with E-state index >= 15 is 0 Å². The third-order valence-electron chi connectivity index (χ3n) is 4.69. The van der Waals surface area contributed by atoms with Crippen molar-refractivity contribution < 1.29 is 4.79 Å². The highest BCUT2D eigenvalue weighted by atomic mass is 32.1. The van der Waals surface area contributed by atoms with Crippen molar-refractivity contribution >= 4 is 28.6 Å². The maximum absolute atomic E-state index is 12.6. The molecule has 4 nitrogen and oxygen atoms in total. The number of thiophene rings is 1. The summed E-state index contributed by atoms with van der Waals surface area (Å²) in [7, 11) is 0. The molecule has 0 spiro atoms. The summed E-state index contributed by atoms with van der Waals surface area (Å²) >= 11 is 3.16. The van der Waals surface area contributed by atoms with Gasteiger partial charge in [0.25, 0.3) is 5.91 Å². The molecular formula is C20H21N3OS2. The summed E-state index contributed by atoms with van der Waals surface area (Å²) < 4.78 is 0. The summed E-state index contributed by atoms with van der Waals surface area (Å²) in [5.41, 5.74) is 1.76. The van der Waals surface area contributed by atoms with Crippen LogP contribution in [-0.4, -0.2) is 35.4 Å². The number of likely N-dealkylation sites (tertiary alicyclic amines) is 1. The molecule has 2 aromatic heterocycles. The summed E-state index contributed by atoms with van der Waals surface area (Å²) in [6.07, 6.45) is 2.46. The van der Waals surface area contributed by atoms with Crippen molar-refractivity contribution in [2.75, 3.05) is 19.6 Å². The third-order valence-corrected chi connectivity index (χ3v) is 6.57. The molecule has 0 radical (unpaired) electrons. The standard InChI is InChI=1S/C20H21N3OS2/c24-19(16-14-26-20(22-16)18-9-6-12-25-18)21-13-17(23-10-4-5-11-23)15-7-2-1-3-8-15/h1-3,6-9,12,14,17H,4-5,10-11,13H2,(H,21,24). The lowest BCUT2D eigenvalue weighted by Gasteiger charge is -2.28. The summed E-state index contributed by atoms with van der Waals surface area (Å²) in [6, 6.07) is 14.7. The van der Waals surface area contributed by atoms with Crippen LogP contribution in [0, 0.1) is 0 Å². The van der Waals surface area contributed by atoms with E-state index < -0.39 is 0 Å². The van der Waals surface area contributed by atoms with Gasteiger partial charge in [0.2, 0.25) is 0 Å². The summed E-state index contributed by atoms with van der Waals surface area (Å²) in [4.78, 5) is 20.7. The molecule has 1 unspecified atom stereocenters. The molecule has 1 aromatic carbocycles. The molecule has 26 heavy (non-hydrogen) atoms. The van der Waals surface area contributed by atoms with Gasteiger partial charge in [-0.2, -0.15) is 0 Å². The first kappa shape index (κ1) is 17.4. The van der Waals surface area contributed by atoms with Gasteiger partial charge < -0.3 is 5.32 Å². The third kappa shape index (κ3) is 3.87. The molecule has 1 aliphatic heterocycles. The Bertz CT molecular complexity index is 839. The fourth-order valence-corrected chi connectivity index (χ4v) is 4.97. The normalized spacial score (nSPS) is 15.8. The number of nitrogens with zero attached hydrogens (tertiary/aromatic N) is 2. The lowest BCUT2D eigenvalue weighted by molar-refractivity contribution is 0.0933. The van der Waals surface area contributed by atoms with E-state index in [0.717, 1.165) is 23.0 Å². The minimum absolute atomic E-state index is 0.0933. The Morgan fingerprint density at radius 3 is 2.65 bits per heavy atom. The van der Waals surface area contributed by atoms with Crippen LogP contribution in [-0.2, 0) is 0 Å². The molecule has 1 saturated heterocycles. The van der Waals surface area contributed by atoms with E-state index in [1.165, 1.54) is 29.7 Å². The predicted molar refractivity (Wildman–Crippen MR) is 108 cm³/mol. The highest BCUT2D eigenvalue weighted by molar-refractivity contribution is 7.20. The maximum atomic E-state index is 12.6. The van der Waals surface area contributed by atoms with Gasteiger partial charge in [-0.3, -0.25) is 9.69 Å². The van der Waals surface area contributed by atoms with Crippen LogP contribution < -0.4 is 5.32 Å². The second kappa shape index (κ2) is 8.12. The van der Waals surface area contributed by atoms with Crippen molar-refractivity contribution in [1.82, 2.24) is 15.2 Å². The molecule has 1 fully saturated rings. The Hall–Kier alpha value is -2.02. The van der Waals surface area contributed by atoms with E-state index in [4.69, 9.17) is 0 Å². The predicted octanol–water partition coefficient (Wildman–Crippen LogP) is 4.44. The molecule has 1 aliphatic rings. The van der Waals surface area contributed by atoms with Gasteiger partial charge in [-0.1, -0.05) is 36.4 Å². The van der Waals surface area contributed by atoms with Crippen molar-refractivity contribution in [2.24, 2.45) is 0 Å². The van der Waals surface area contributed by atoms with Crippen molar-refractivity contribution in [3.05, 3.63) is 64.5 Å². The first-order valence-electron chi connectivity index (χ1n) is 8.88. The van der Waals surface area contributed by atoms with Crippen LogP contribution in [0.15, 0.2) is 53.2 Å². The van der Waals surface area contributed by atoms with Crippen molar-refractivity contribution in [3.63, 3.8) is 0 Å². The van der Waals surface area contributed by atoms with E-state index in [0.29, 0.717) is 12.2 Å². The van der Waals surface area contributed by atoms with Crippen molar-refractivity contribution in [2.45, 2.75) is 18.9 Å². The average Bonchev–Trinajstić information content (AvgIpc) is 3.43. The van der Waals surface area contributed by atoms with Gasteiger partial charge in [-0.15, -0.1) is 22.7 Å². The number of thiazole rings is 1. The summed E-state index contributed by atoms with van der Waals surface area (Å²) in [5, 5.41) is 7.88. The Balaban J connectivity index is 1.44. The zero-order valence-corrected chi connectivity index (χ0v) is 16.1. The lowest BCUT2D eigenvalue weighted by Crippen LogP contribution is -2.36. The van der Waals surface area contributed by atoms with Crippen LogP contribution in [0.3, 0.4) is 0 Å². The van der Waals surface area contributed by atoms with E-state index in [1.54, 1.807) is 11.3 Å². The number of benzene rings is 1. The Morgan fingerprint density at radius 1 is 1.12 bits per heavy atom. The fraction of sp³-hybridized carbons (Fsp3) is 0.300. The molecule has 134 valence electrons. The second-order valence-corrected chi connectivity index (χ2v) is 8.20. The second-order valence-electron chi connectivity index (χ2n) is 6.39. The number of nitrogens with one attached hydrogen (secondary N) is 1. The van der Waals surface area contributed by atoms with Gasteiger partial charge in [-0.25, -0.2) is 4.98 Å². The molecule has 3 heterocycles. The number of amides is 1. The van der Waals surface area contributed by atoms with Gasteiger partial charge in [0.05, 0.1) is 10.9 Å². The zero-order chi connectivity index (χ0) is 17.8. The van der Waals surface area contributed by atoms with Gasteiger partial charge in [0, 0.05) is 11.9 Å². The number of carbonyl (C=O) groups excluding carboxylic acids is 1. The number of hydrogen-bond donors (Lipinski definition) is 1. The Morgan fingerprint density at radius 2 is 1.92 bits per heavy atom. The zero-order valence-electron chi connectivity index (χ0n) is 14.4. The van der Waals surface area contributed by atoms with Crippen LogP contribution in [0.1, 0.15) is 34.9 Å². The average molecular weight is 384 g/mol. The monoisotopic (exact) mass is 383 g/mol. The largest absolute Gasteiger partial charge is 0.349 e. The minimum atomic E-state index is -0.0933. The SMILES string of the molecule is O=C(NCC(c1ccccc1)N1CCCC1)c1csc(-c2cccs2)n1. The van der Waals surface area contributed by atoms with Gasteiger partial charge in [-0.05, 0) is 42.9 Å². The molecule has 0 bridgehead atoms. The first-order valence-corrected chi connectivity index (χ1v) is 10.6. The van der Waals surface area contributed by atoms with Crippen molar-refractivity contribution in [3.8, 4) is 9.88 Å². The Kier molecular flexibility index (Phi) is 5.43. The highest BCUT2D eigenvalue weighted by Crippen LogP contribution is 2.28. The van der Waals surface area contributed by atoms with E-state index in [2.05, 4.69) is 39.5 Å². The fourth-order valence-electron chi connectivity index (χ4n) is 3.36. The molecule has 6 heteroatoms. The minimum Gasteiger partial charge on any atom is -0.349 e. The van der Waals surface area contributed by atoms with Crippen LogP contribution in [0.5, 0.6) is 0 Å². The molecular weight excluding hydrogens is 362 g/mol. The lowest BCUT2D eigenvalue weighted by atomic mass is 10.1. The smallest absolute Gasteiger partial charge is 0.270 e. The number of carbonyl (C=O) groups is 1. The number of hydrogen-bond acceptors (Lipinski definition) is 5. The molecule has 1 N–H and O–H groups in total. The van der Waals surface area contributed by atoms with Gasteiger partial charge in [0.1, 0.15) is 10.7 Å². The van der Waals surface area contributed by atoms with E-state index in [9.17, 15) is 4.79 Å². The number of rotatable bonds is 6. The molecule has 3 aromatic rings. The van der Waals surface area contributed by atoms with Crippen LogP contribution in [0.25, 0.3) is 9.88 Å². The van der Waals surface area contributed by atoms with E-state index in [1.807, 2.05) is 29.0 Å². The molecule has 1 atom stereocenters. The topological polar surface area (TPSA) is 45.2 Å². The van der Waals surface area contributed by atoms with Gasteiger partial charge >= 0.3 is 0 Å². The van der Waals surface area contributed by atoms with Crippen LogP contribution in [0.4, 0.5) is 0 Å². The molecule has 0 aliphatic carbocycles. The van der Waals surface area contributed by atoms with E-state index in [-0.39, 0.29) is 11.9 Å². The molecule has 0 saturated carbocycles.